The van der Waals surface area contributed by atoms with E-state index < -0.39 is 6.61 Å². The van der Waals surface area contributed by atoms with Gasteiger partial charge in [0.1, 0.15) is 5.75 Å². The highest BCUT2D eigenvalue weighted by molar-refractivity contribution is 7.99. The van der Waals surface area contributed by atoms with Crippen LogP contribution in [-0.4, -0.2) is 42.7 Å². The quantitative estimate of drug-likeness (QED) is 0.907. The molecule has 1 saturated heterocycles. The highest BCUT2D eigenvalue weighted by Gasteiger charge is 2.23. The molecule has 1 aliphatic heterocycles. The van der Waals surface area contributed by atoms with Gasteiger partial charge in [0.25, 0.3) is 0 Å². The third-order valence-corrected chi connectivity index (χ3v) is 4.46. The number of ether oxygens (including phenoxy) is 1. The molecule has 2 N–H and O–H groups in total. The summed E-state index contributed by atoms with van der Waals surface area (Å²) in [4.78, 5) is 2.27. The number of halogens is 2. The minimum absolute atomic E-state index is 0.0661. The van der Waals surface area contributed by atoms with Gasteiger partial charge in [0.2, 0.25) is 0 Å². The second-order valence-electron chi connectivity index (χ2n) is 4.67. The molecule has 1 fully saturated rings. The fraction of sp³-hybridized carbons (Fsp3) is 0.571. The van der Waals surface area contributed by atoms with Gasteiger partial charge in [0.15, 0.2) is 0 Å². The van der Waals surface area contributed by atoms with Crippen LogP contribution < -0.4 is 10.5 Å². The van der Waals surface area contributed by atoms with Gasteiger partial charge in [-0.1, -0.05) is 18.2 Å². The summed E-state index contributed by atoms with van der Waals surface area (Å²) in [6.45, 7) is -0.545. The van der Waals surface area contributed by atoms with Crippen molar-refractivity contribution in [3.63, 3.8) is 0 Å². The number of para-hydroxylation sites is 1. The third kappa shape index (κ3) is 4.07. The van der Waals surface area contributed by atoms with Crippen LogP contribution in [0.1, 0.15) is 18.0 Å². The van der Waals surface area contributed by atoms with Crippen molar-refractivity contribution in [1.29, 1.82) is 0 Å². The lowest BCUT2D eigenvalue weighted by molar-refractivity contribution is -0.0511. The van der Waals surface area contributed by atoms with Gasteiger partial charge >= 0.3 is 6.61 Å². The van der Waals surface area contributed by atoms with E-state index >= 15 is 0 Å². The summed E-state index contributed by atoms with van der Waals surface area (Å²) in [7, 11) is 0. The zero-order chi connectivity index (χ0) is 14.4. The molecule has 20 heavy (non-hydrogen) atoms. The minimum atomic E-state index is -2.81. The Morgan fingerprint density at radius 2 is 2.05 bits per heavy atom. The maximum absolute atomic E-state index is 12.5. The lowest BCUT2D eigenvalue weighted by atomic mass is 10.0. The molecule has 1 atom stereocenters. The van der Waals surface area contributed by atoms with Crippen molar-refractivity contribution < 1.29 is 13.5 Å². The first kappa shape index (κ1) is 15.5. The van der Waals surface area contributed by atoms with Gasteiger partial charge in [-0.15, -0.1) is 0 Å². The Hall–Kier alpha value is -0.850. The molecule has 0 bridgehead atoms. The van der Waals surface area contributed by atoms with Crippen molar-refractivity contribution in [3.8, 4) is 5.75 Å². The van der Waals surface area contributed by atoms with E-state index in [0.29, 0.717) is 6.54 Å². The van der Waals surface area contributed by atoms with Gasteiger partial charge in [0.05, 0.1) is 6.04 Å². The molecule has 1 aliphatic rings. The third-order valence-electron chi connectivity index (χ3n) is 3.41. The Morgan fingerprint density at radius 3 is 2.80 bits per heavy atom. The first-order chi connectivity index (χ1) is 9.72. The van der Waals surface area contributed by atoms with E-state index in [-0.39, 0.29) is 11.8 Å². The number of alkyl halides is 2. The van der Waals surface area contributed by atoms with Crippen LogP contribution in [-0.2, 0) is 0 Å². The van der Waals surface area contributed by atoms with Crippen molar-refractivity contribution in [2.75, 3.05) is 31.1 Å². The average Bonchev–Trinajstić information content (AvgIpc) is 2.70. The Morgan fingerprint density at radius 1 is 1.25 bits per heavy atom. The first-order valence-corrected chi connectivity index (χ1v) is 7.93. The van der Waals surface area contributed by atoms with E-state index in [4.69, 9.17) is 5.73 Å². The van der Waals surface area contributed by atoms with Crippen LogP contribution in [0.4, 0.5) is 8.78 Å². The summed E-state index contributed by atoms with van der Waals surface area (Å²) < 4.78 is 29.6. The average molecular weight is 302 g/mol. The first-order valence-electron chi connectivity index (χ1n) is 6.78. The topological polar surface area (TPSA) is 38.5 Å². The highest BCUT2D eigenvalue weighted by atomic mass is 32.2. The molecular formula is C14H20F2N2OS. The smallest absolute Gasteiger partial charge is 0.387 e. The van der Waals surface area contributed by atoms with Gasteiger partial charge in [-0.25, -0.2) is 0 Å². The molecule has 0 spiro atoms. The van der Waals surface area contributed by atoms with Crippen LogP contribution in [0.3, 0.4) is 0 Å². The number of thioether (sulfide) groups is 1. The Balaban J connectivity index is 2.21. The number of hydrogen-bond acceptors (Lipinski definition) is 4. The van der Waals surface area contributed by atoms with Crippen molar-refractivity contribution in [1.82, 2.24) is 4.90 Å². The number of rotatable bonds is 5. The van der Waals surface area contributed by atoms with Crippen LogP contribution in [0, 0.1) is 0 Å². The molecule has 112 valence electrons. The van der Waals surface area contributed by atoms with E-state index in [1.165, 1.54) is 0 Å². The molecule has 6 heteroatoms. The molecule has 1 aromatic rings. The summed E-state index contributed by atoms with van der Waals surface area (Å²) in [6, 6.07) is 6.88. The normalized spacial score (nSPS) is 18.8. The molecule has 1 heterocycles. The second-order valence-corrected chi connectivity index (χ2v) is 5.89. The van der Waals surface area contributed by atoms with Crippen LogP contribution in [0.25, 0.3) is 0 Å². The molecule has 0 amide bonds. The molecular weight excluding hydrogens is 282 g/mol. The van der Waals surface area contributed by atoms with Gasteiger partial charge in [-0.05, 0) is 24.8 Å². The number of benzene rings is 1. The lowest BCUT2D eigenvalue weighted by Gasteiger charge is -2.30. The van der Waals surface area contributed by atoms with E-state index in [1.54, 1.807) is 12.1 Å². The SMILES string of the molecule is NCC(c1ccccc1OC(F)F)N1CCCSCC1. The number of nitrogens with two attached hydrogens (primary N) is 1. The largest absolute Gasteiger partial charge is 0.434 e. The summed E-state index contributed by atoms with van der Waals surface area (Å²) in [5.74, 6) is 2.42. The minimum Gasteiger partial charge on any atom is -0.434 e. The molecule has 0 aromatic heterocycles. The summed E-state index contributed by atoms with van der Waals surface area (Å²) in [5.41, 5.74) is 6.65. The summed E-state index contributed by atoms with van der Waals surface area (Å²) >= 11 is 1.92. The van der Waals surface area contributed by atoms with E-state index in [9.17, 15) is 8.78 Å². The number of hydrogen-bond donors (Lipinski definition) is 1. The van der Waals surface area contributed by atoms with Crippen molar-refractivity contribution >= 4 is 11.8 Å². The summed E-state index contributed by atoms with van der Waals surface area (Å²) in [6.07, 6.45) is 1.10. The van der Waals surface area contributed by atoms with Gasteiger partial charge in [-0.3, -0.25) is 4.90 Å². The van der Waals surface area contributed by atoms with Crippen LogP contribution in [0.2, 0.25) is 0 Å². The Bertz CT molecular complexity index is 412. The predicted molar refractivity (Wildman–Crippen MR) is 78.4 cm³/mol. The molecule has 0 radical (unpaired) electrons. The van der Waals surface area contributed by atoms with Gasteiger partial charge in [-0.2, -0.15) is 20.5 Å². The monoisotopic (exact) mass is 302 g/mol. The maximum atomic E-state index is 12.5. The molecule has 2 rings (SSSR count). The van der Waals surface area contributed by atoms with Crippen molar-refractivity contribution in [3.05, 3.63) is 29.8 Å². The van der Waals surface area contributed by atoms with E-state index in [0.717, 1.165) is 36.6 Å². The van der Waals surface area contributed by atoms with Crippen LogP contribution in [0.15, 0.2) is 24.3 Å². The fourth-order valence-electron chi connectivity index (χ4n) is 2.51. The predicted octanol–water partition coefficient (Wildman–Crippen LogP) is 2.73. The lowest BCUT2D eigenvalue weighted by Crippen LogP contribution is -2.35. The molecule has 0 aliphatic carbocycles. The van der Waals surface area contributed by atoms with Crippen molar-refractivity contribution in [2.24, 2.45) is 5.73 Å². The zero-order valence-electron chi connectivity index (χ0n) is 11.3. The zero-order valence-corrected chi connectivity index (χ0v) is 12.1. The molecule has 0 saturated carbocycles. The Kier molecular flexibility index (Phi) is 6.06. The molecule has 3 nitrogen and oxygen atoms in total. The second kappa shape index (κ2) is 7.81. The highest BCUT2D eigenvalue weighted by Crippen LogP contribution is 2.31. The van der Waals surface area contributed by atoms with Gasteiger partial charge in [0, 0.05) is 24.4 Å². The van der Waals surface area contributed by atoms with Crippen LogP contribution >= 0.6 is 11.8 Å². The maximum Gasteiger partial charge on any atom is 0.387 e. The summed E-state index contributed by atoms with van der Waals surface area (Å²) in [5, 5.41) is 0. The fourth-order valence-corrected chi connectivity index (χ4v) is 3.41. The van der Waals surface area contributed by atoms with E-state index in [2.05, 4.69) is 9.64 Å². The van der Waals surface area contributed by atoms with E-state index in [1.807, 2.05) is 23.9 Å². The number of nitrogens with zero attached hydrogens (tertiary/aromatic N) is 1. The molecule has 1 unspecified atom stereocenters. The van der Waals surface area contributed by atoms with Gasteiger partial charge < -0.3 is 10.5 Å². The molecule has 1 aromatic carbocycles. The Labute approximate surface area is 122 Å². The standard InChI is InChI=1S/C14H20F2N2OS/c15-14(16)19-13-5-2-1-4-11(13)12(10-17)18-6-3-8-20-9-7-18/h1-2,4-5,12,14H,3,6-10,17H2. The van der Waals surface area contributed by atoms with Crippen LogP contribution in [0.5, 0.6) is 5.75 Å². The van der Waals surface area contributed by atoms with Crippen molar-refractivity contribution in [2.45, 2.75) is 19.1 Å².